The lowest BCUT2D eigenvalue weighted by Gasteiger charge is -2.06. The van der Waals surface area contributed by atoms with Gasteiger partial charge in [-0.05, 0) is 61.4 Å². The van der Waals surface area contributed by atoms with E-state index in [2.05, 4.69) is 30.6 Å². The molecule has 2 heterocycles. The molecule has 29 heavy (non-hydrogen) atoms. The van der Waals surface area contributed by atoms with E-state index in [4.69, 9.17) is 0 Å². The number of carbonyl (C=O) groups is 1. The summed E-state index contributed by atoms with van der Waals surface area (Å²) in [5.41, 5.74) is 3.34. The van der Waals surface area contributed by atoms with Gasteiger partial charge in [0.25, 0.3) is 0 Å². The number of pyridine rings is 2. The molecule has 0 fully saturated rings. The Morgan fingerprint density at radius 1 is 0.897 bits per heavy atom. The van der Waals surface area contributed by atoms with Gasteiger partial charge >= 0.3 is 5.97 Å². The molecule has 0 aliphatic heterocycles. The van der Waals surface area contributed by atoms with Crippen molar-refractivity contribution in [2.24, 2.45) is 0 Å². The molecule has 0 aliphatic rings. The van der Waals surface area contributed by atoms with E-state index in [1.54, 1.807) is 19.2 Å². The summed E-state index contributed by atoms with van der Waals surface area (Å²) < 4.78 is 31.8. The van der Waals surface area contributed by atoms with E-state index in [9.17, 15) is 13.6 Å². The van der Waals surface area contributed by atoms with Gasteiger partial charge in [-0.25, -0.2) is 13.6 Å². The van der Waals surface area contributed by atoms with Crippen LogP contribution in [0.15, 0.2) is 53.3 Å². The number of aromatic nitrogens is 2. The number of ether oxygens (including phenoxy) is 1. The molecule has 0 saturated heterocycles. The second-order valence-corrected chi connectivity index (χ2v) is 7.23. The van der Waals surface area contributed by atoms with Crippen molar-refractivity contribution in [1.82, 2.24) is 9.97 Å². The first kappa shape index (κ1) is 20.8. The van der Waals surface area contributed by atoms with Crippen LogP contribution in [0.2, 0.25) is 0 Å². The smallest absolute Gasteiger partial charge is 0.338 e. The number of hydrogen-bond donors (Lipinski definition) is 0. The minimum Gasteiger partial charge on any atom is -0.465 e. The van der Waals surface area contributed by atoms with Crippen molar-refractivity contribution in [1.29, 1.82) is 0 Å². The molecule has 0 aliphatic carbocycles. The number of carbonyl (C=O) groups excluding carboxylic acids is 1. The lowest BCUT2D eigenvalue weighted by Crippen LogP contribution is -2.03. The van der Waals surface area contributed by atoms with Gasteiger partial charge in [-0.1, -0.05) is 15.9 Å². The molecular formula is C22H17BrF2N2O2. The lowest BCUT2D eigenvalue weighted by atomic mass is 10.1. The van der Waals surface area contributed by atoms with Crippen molar-refractivity contribution in [3.63, 3.8) is 0 Å². The molecule has 2 aromatic heterocycles. The largest absolute Gasteiger partial charge is 0.465 e. The molecule has 0 spiro atoms. The van der Waals surface area contributed by atoms with Crippen molar-refractivity contribution >= 4 is 43.7 Å². The van der Waals surface area contributed by atoms with Crippen molar-refractivity contribution in [3.8, 4) is 0 Å². The van der Waals surface area contributed by atoms with Gasteiger partial charge in [-0.15, -0.1) is 0 Å². The predicted molar refractivity (Wildman–Crippen MR) is 112 cm³/mol. The van der Waals surface area contributed by atoms with Crippen LogP contribution >= 0.6 is 15.9 Å². The molecule has 0 atom stereocenters. The average Bonchev–Trinajstić information content (AvgIpc) is 2.68. The van der Waals surface area contributed by atoms with Gasteiger partial charge in [0, 0.05) is 27.6 Å². The van der Waals surface area contributed by atoms with Crippen LogP contribution in [0.5, 0.6) is 0 Å². The zero-order valence-electron chi connectivity index (χ0n) is 16.0. The zero-order chi connectivity index (χ0) is 21.1. The number of rotatable bonds is 1. The molecule has 4 rings (SSSR count). The van der Waals surface area contributed by atoms with Crippen LogP contribution in [0.1, 0.15) is 21.5 Å². The monoisotopic (exact) mass is 458 g/mol. The third-order valence-corrected chi connectivity index (χ3v) is 5.04. The highest BCUT2D eigenvalue weighted by Gasteiger charge is 2.12. The molecule has 0 saturated carbocycles. The molecule has 0 amide bonds. The Balaban J connectivity index is 0.000000169. The molecule has 0 unspecified atom stereocenters. The van der Waals surface area contributed by atoms with Gasteiger partial charge in [0.05, 0.1) is 23.7 Å². The number of nitrogens with zero attached hydrogens (tertiary/aromatic N) is 2. The standard InChI is InChI=1S/C12H10FNO2.C10H7BrFN/c1-7-5-8(13)6-10-9(12(15)16-2)3-4-14-11(7)10;1-6-4-7(12)5-8-9(11)2-3-13-10(6)8/h3-6H,1-2H3;2-5H,1H3. The summed E-state index contributed by atoms with van der Waals surface area (Å²) in [6.45, 7) is 3.60. The van der Waals surface area contributed by atoms with Gasteiger partial charge in [-0.3, -0.25) is 9.97 Å². The van der Waals surface area contributed by atoms with Crippen LogP contribution < -0.4 is 0 Å². The van der Waals surface area contributed by atoms with Crippen LogP contribution in [0.4, 0.5) is 8.78 Å². The number of esters is 1. The number of benzene rings is 2. The molecule has 0 N–H and O–H groups in total. The first-order valence-electron chi connectivity index (χ1n) is 8.65. The van der Waals surface area contributed by atoms with Gasteiger partial charge < -0.3 is 4.74 Å². The lowest BCUT2D eigenvalue weighted by molar-refractivity contribution is 0.0603. The summed E-state index contributed by atoms with van der Waals surface area (Å²) in [7, 11) is 1.29. The quantitative estimate of drug-likeness (QED) is 0.332. The normalized spacial score (nSPS) is 10.6. The van der Waals surface area contributed by atoms with Crippen LogP contribution in [0, 0.1) is 25.5 Å². The van der Waals surface area contributed by atoms with E-state index >= 15 is 0 Å². The number of hydrogen-bond acceptors (Lipinski definition) is 4. The molecule has 0 radical (unpaired) electrons. The summed E-state index contributed by atoms with van der Waals surface area (Å²) >= 11 is 3.36. The average molecular weight is 459 g/mol. The molecule has 148 valence electrons. The van der Waals surface area contributed by atoms with Crippen molar-refractivity contribution in [2.45, 2.75) is 13.8 Å². The van der Waals surface area contributed by atoms with E-state index in [0.29, 0.717) is 22.0 Å². The second-order valence-electron chi connectivity index (χ2n) is 6.38. The Labute approximate surface area is 174 Å². The third-order valence-electron chi connectivity index (χ3n) is 4.35. The Morgan fingerprint density at radius 3 is 2.00 bits per heavy atom. The van der Waals surface area contributed by atoms with E-state index in [1.807, 2.05) is 6.92 Å². The highest BCUT2D eigenvalue weighted by atomic mass is 79.9. The van der Waals surface area contributed by atoms with Gasteiger partial charge in [-0.2, -0.15) is 0 Å². The first-order valence-corrected chi connectivity index (χ1v) is 9.44. The number of halogens is 3. The Kier molecular flexibility index (Phi) is 6.17. The van der Waals surface area contributed by atoms with E-state index < -0.39 is 5.97 Å². The molecule has 4 nitrogen and oxygen atoms in total. The van der Waals surface area contributed by atoms with Crippen LogP contribution in [-0.4, -0.2) is 23.0 Å². The SMILES string of the molecule is COC(=O)c1ccnc2c(C)cc(F)cc12.Cc1cc(F)cc2c(Br)ccnc12. The maximum absolute atomic E-state index is 13.3. The number of aryl methyl sites for hydroxylation is 2. The highest BCUT2D eigenvalue weighted by Crippen LogP contribution is 2.25. The van der Waals surface area contributed by atoms with Crippen molar-refractivity contribution < 1.29 is 18.3 Å². The van der Waals surface area contributed by atoms with Crippen LogP contribution in [0.25, 0.3) is 21.8 Å². The summed E-state index contributed by atoms with van der Waals surface area (Å²) in [6.07, 6.45) is 3.22. The second kappa shape index (κ2) is 8.61. The molecule has 4 aromatic rings. The Bertz CT molecular complexity index is 1230. The Hall–Kier alpha value is -2.93. The molecule has 0 bridgehead atoms. The maximum Gasteiger partial charge on any atom is 0.338 e. The number of fused-ring (bicyclic) bond motifs is 2. The molecule has 7 heteroatoms. The molecular weight excluding hydrogens is 442 g/mol. The summed E-state index contributed by atoms with van der Waals surface area (Å²) in [5, 5.41) is 1.30. The Morgan fingerprint density at radius 2 is 1.41 bits per heavy atom. The highest BCUT2D eigenvalue weighted by molar-refractivity contribution is 9.10. The summed E-state index contributed by atoms with van der Waals surface area (Å²) in [5.74, 6) is -1.10. The topological polar surface area (TPSA) is 52.1 Å². The maximum atomic E-state index is 13.3. The van der Waals surface area contributed by atoms with Crippen molar-refractivity contribution in [3.05, 3.63) is 81.6 Å². The first-order chi connectivity index (χ1) is 13.8. The van der Waals surface area contributed by atoms with Gasteiger partial charge in [0.15, 0.2) is 0 Å². The van der Waals surface area contributed by atoms with E-state index in [-0.39, 0.29) is 11.6 Å². The molecule has 2 aromatic carbocycles. The van der Waals surface area contributed by atoms with Crippen LogP contribution in [-0.2, 0) is 4.74 Å². The fourth-order valence-electron chi connectivity index (χ4n) is 3.03. The number of methoxy groups -OCH3 is 1. The van der Waals surface area contributed by atoms with Crippen LogP contribution in [0.3, 0.4) is 0 Å². The van der Waals surface area contributed by atoms with Gasteiger partial charge in [0.1, 0.15) is 11.6 Å². The third kappa shape index (κ3) is 4.40. The minimum atomic E-state index is -0.489. The summed E-state index contributed by atoms with van der Waals surface area (Å²) in [4.78, 5) is 19.8. The summed E-state index contributed by atoms with van der Waals surface area (Å²) in [6, 6.07) is 8.98. The predicted octanol–water partition coefficient (Wildman–Crippen LogP) is 5.91. The van der Waals surface area contributed by atoms with E-state index in [0.717, 1.165) is 20.9 Å². The van der Waals surface area contributed by atoms with E-state index in [1.165, 1.54) is 43.6 Å². The van der Waals surface area contributed by atoms with Crippen molar-refractivity contribution in [2.75, 3.05) is 7.11 Å². The van der Waals surface area contributed by atoms with Gasteiger partial charge in [0.2, 0.25) is 0 Å². The zero-order valence-corrected chi connectivity index (χ0v) is 17.5. The fourth-order valence-corrected chi connectivity index (χ4v) is 3.45. The minimum absolute atomic E-state index is 0.223. The fraction of sp³-hybridized carbons (Fsp3) is 0.136.